The monoisotopic (exact) mass is 170 g/mol. The van der Waals surface area contributed by atoms with Crippen molar-refractivity contribution in [3.8, 4) is 0 Å². The Morgan fingerprint density at radius 1 is 1.67 bits per heavy atom. The van der Waals surface area contributed by atoms with Gasteiger partial charge in [-0.05, 0) is 26.2 Å². The van der Waals surface area contributed by atoms with Crippen LogP contribution in [-0.4, -0.2) is 30.1 Å². The standard InChI is InChI=1S/C9H18N2O/c1-4-9(2)6-5-7-11(9)8(12)10-3/h4-7H2,1-3H3,(H,10,12). The fraction of sp³-hybridized carbons (Fsp3) is 0.889. The summed E-state index contributed by atoms with van der Waals surface area (Å²) >= 11 is 0. The minimum atomic E-state index is 0.0665. The maximum absolute atomic E-state index is 11.4. The van der Waals surface area contributed by atoms with Crippen LogP contribution in [0.1, 0.15) is 33.1 Å². The molecule has 0 spiro atoms. The van der Waals surface area contributed by atoms with Gasteiger partial charge in [0.05, 0.1) is 0 Å². The van der Waals surface area contributed by atoms with Crippen LogP contribution in [0.4, 0.5) is 4.79 Å². The predicted octanol–water partition coefficient (Wildman–Crippen LogP) is 1.59. The van der Waals surface area contributed by atoms with Crippen LogP contribution in [0.5, 0.6) is 0 Å². The molecule has 1 fully saturated rings. The van der Waals surface area contributed by atoms with Gasteiger partial charge < -0.3 is 10.2 Å². The Bertz CT molecular complexity index is 181. The molecule has 1 heterocycles. The summed E-state index contributed by atoms with van der Waals surface area (Å²) in [4.78, 5) is 13.4. The van der Waals surface area contributed by atoms with Gasteiger partial charge in [-0.15, -0.1) is 0 Å². The van der Waals surface area contributed by atoms with E-state index < -0.39 is 0 Å². The first-order chi connectivity index (χ1) is 5.64. The molecular weight excluding hydrogens is 152 g/mol. The van der Waals surface area contributed by atoms with Crippen molar-refractivity contribution in [3.63, 3.8) is 0 Å². The Morgan fingerprint density at radius 2 is 2.33 bits per heavy atom. The number of urea groups is 1. The highest BCUT2D eigenvalue weighted by Crippen LogP contribution is 2.31. The number of carbonyl (C=O) groups is 1. The Morgan fingerprint density at radius 3 is 2.83 bits per heavy atom. The van der Waals surface area contributed by atoms with Crippen molar-refractivity contribution >= 4 is 6.03 Å². The highest BCUT2D eigenvalue weighted by Gasteiger charge is 2.37. The van der Waals surface area contributed by atoms with Gasteiger partial charge in [-0.2, -0.15) is 0 Å². The van der Waals surface area contributed by atoms with Gasteiger partial charge in [-0.3, -0.25) is 0 Å². The third-order valence-corrected chi connectivity index (χ3v) is 2.97. The molecule has 0 saturated carbocycles. The molecule has 0 aromatic rings. The summed E-state index contributed by atoms with van der Waals surface area (Å²) in [7, 11) is 1.69. The van der Waals surface area contributed by atoms with E-state index in [1.54, 1.807) is 7.05 Å². The molecule has 1 rings (SSSR count). The number of amides is 2. The molecule has 0 radical (unpaired) electrons. The quantitative estimate of drug-likeness (QED) is 0.637. The first-order valence-electron chi connectivity index (χ1n) is 4.63. The zero-order valence-corrected chi connectivity index (χ0v) is 8.18. The van der Waals surface area contributed by atoms with E-state index in [1.165, 1.54) is 0 Å². The van der Waals surface area contributed by atoms with Crippen molar-refractivity contribution in [3.05, 3.63) is 0 Å². The molecule has 1 aliphatic heterocycles. The second-order valence-electron chi connectivity index (χ2n) is 3.66. The number of likely N-dealkylation sites (tertiary alicyclic amines) is 1. The average molecular weight is 170 g/mol. The average Bonchev–Trinajstić information content (AvgIpc) is 2.47. The van der Waals surface area contributed by atoms with E-state index >= 15 is 0 Å². The van der Waals surface area contributed by atoms with Crippen molar-refractivity contribution < 1.29 is 4.79 Å². The van der Waals surface area contributed by atoms with Gasteiger partial charge >= 0.3 is 6.03 Å². The number of nitrogens with zero attached hydrogens (tertiary/aromatic N) is 1. The number of rotatable bonds is 1. The van der Waals surface area contributed by atoms with E-state index in [9.17, 15) is 4.79 Å². The molecule has 12 heavy (non-hydrogen) atoms. The van der Waals surface area contributed by atoms with E-state index in [0.717, 1.165) is 25.8 Å². The summed E-state index contributed by atoms with van der Waals surface area (Å²) in [6.07, 6.45) is 3.31. The molecule has 0 aromatic carbocycles. The Kier molecular flexibility index (Phi) is 2.60. The first-order valence-corrected chi connectivity index (χ1v) is 4.63. The van der Waals surface area contributed by atoms with Crippen molar-refractivity contribution in [2.75, 3.05) is 13.6 Å². The van der Waals surface area contributed by atoms with Gasteiger partial charge in [0.1, 0.15) is 0 Å². The number of carbonyl (C=O) groups excluding carboxylic acids is 1. The Balaban J connectivity index is 2.69. The van der Waals surface area contributed by atoms with Crippen molar-refractivity contribution in [2.45, 2.75) is 38.6 Å². The summed E-state index contributed by atoms with van der Waals surface area (Å²) < 4.78 is 0. The molecule has 0 bridgehead atoms. The van der Waals surface area contributed by atoms with Gasteiger partial charge in [-0.25, -0.2) is 4.79 Å². The van der Waals surface area contributed by atoms with Gasteiger partial charge in [0.15, 0.2) is 0 Å². The van der Waals surface area contributed by atoms with E-state index in [-0.39, 0.29) is 11.6 Å². The molecule has 70 valence electrons. The molecule has 1 atom stereocenters. The van der Waals surface area contributed by atoms with Crippen LogP contribution in [0.2, 0.25) is 0 Å². The molecule has 0 aromatic heterocycles. The van der Waals surface area contributed by atoms with E-state index in [4.69, 9.17) is 0 Å². The molecule has 0 aliphatic carbocycles. The van der Waals surface area contributed by atoms with E-state index in [0.29, 0.717) is 0 Å². The normalized spacial score (nSPS) is 29.1. The third kappa shape index (κ3) is 1.40. The van der Waals surface area contributed by atoms with Crippen molar-refractivity contribution in [1.82, 2.24) is 10.2 Å². The van der Waals surface area contributed by atoms with Crippen LogP contribution in [-0.2, 0) is 0 Å². The summed E-state index contributed by atoms with van der Waals surface area (Å²) in [6, 6.07) is 0.0665. The van der Waals surface area contributed by atoms with Crippen molar-refractivity contribution in [1.29, 1.82) is 0 Å². The maximum Gasteiger partial charge on any atom is 0.317 e. The van der Waals surface area contributed by atoms with Gasteiger partial charge in [0, 0.05) is 19.1 Å². The van der Waals surface area contributed by atoms with E-state index in [2.05, 4.69) is 19.2 Å². The summed E-state index contributed by atoms with van der Waals surface area (Å²) in [5, 5.41) is 2.68. The summed E-state index contributed by atoms with van der Waals surface area (Å²) in [5.41, 5.74) is 0.0973. The molecule has 1 N–H and O–H groups in total. The van der Waals surface area contributed by atoms with Crippen LogP contribution in [0.3, 0.4) is 0 Å². The predicted molar refractivity (Wildman–Crippen MR) is 49.1 cm³/mol. The van der Waals surface area contributed by atoms with Gasteiger partial charge in [0.25, 0.3) is 0 Å². The van der Waals surface area contributed by atoms with Crippen LogP contribution < -0.4 is 5.32 Å². The fourth-order valence-electron chi connectivity index (χ4n) is 1.87. The highest BCUT2D eigenvalue weighted by atomic mass is 16.2. The number of hydrogen-bond acceptors (Lipinski definition) is 1. The Hall–Kier alpha value is -0.730. The second-order valence-corrected chi connectivity index (χ2v) is 3.66. The zero-order valence-electron chi connectivity index (χ0n) is 8.18. The van der Waals surface area contributed by atoms with Gasteiger partial charge in [0.2, 0.25) is 0 Å². The first kappa shape index (κ1) is 9.36. The fourth-order valence-corrected chi connectivity index (χ4v) is 1.87. The molecular formula is C9H18N2O. The molecule has 1 saturated heterocycles. The Labute approximate surface area is 74.1 Å². The maximum atomic E-state index is 11.4. The summed E-state index contributed by atoms with van der Waals surface area (Å²) in [6.45, 7) is 5.21. The highest BCUT2D eigenvalue weighted by molar-refractivity contribution is 5.75. The molecule has 2 amide bonds. The lowest BCUT2D eigenvalue weighted by Crippen LogP contribution is -2.48. The minimum Gasteiger partial charge on any atom is -0.341 e. The number of hydrogen-bond donors (Lipinski definition) is 1. The lowest BCUT2D eigenvalue weighted by Gasteiger charge is -2.33. The topological polar surface area (TPSA) is 32.3 Å². The minimum absolute atomic E-state index is 0.0665. The molecule has 3 nitrogen and oxygen atoms in total. The van der Waals surface area contributed by atoms with Gasteiger partial charge in [-0.1, -0.05) is 6.92 Å². The third-order valence-electron chi connectivity index (χ3n) is 2.97. The van der Waals surface area contributed by atoms with Crippen LogP contribution in [0.15, 0.2) is 0 Å². The lowest BCUT2D eigenvalue weighted by molar-refractivity contribution is 0.155. The lowest BCUT2D eigenvalue weighted by atomic mass is 9.96. The molecule has 1 aliphatic rings. The van der Waals surface area contributed by atoms with Crippen molar-refractivity contribution in [2.24, 2.45) is 0 Å². The largest absolute Gasteiger partial charge is 0.341 e. The SMILES string of the molecule is CCC1(C)CCCN1C(=O)NC. The molecule has 1 unspecified atom stereocenters. The second kappa shape index (κ2) is 3.33. The molecule has 3 heteroatoms. The zero-order chi connectivity index (χ0) is 9.19. The van der Waals surface area contributed by atoms with Crippen LogP contribution in [0, 0.1) is 0 Å². The summed E-state index contributed by atoms with van der Waals surface area (Å²) in [5.74, 6) is 0. The number of nitrogens with one attached hydrogen (secondary N) is 1. The van der Waals surface area contributed by atoms with Crippen LogP contribution in [0.25, 0.3) is 0 Å². The smallest absolute Gasteiger partial charge is 0.317 e. The van der Waals surface area contributed by atoms with E-state index in [1.807, 2.05) is 4.90 Å². The van der Waals surface area contributed by atoms with Crippen LogP contribution >= 0.6 is 0 Å².